The summed E-state index contributed by atoms with van der Waals surface area (Å²) in [5.74, 6) is 1.22. The number of hydrogen-bond donors (Lipinski definition) is 0. The lowest BCUT2D eigenvalue weighted by molar-refractivity contribution is 0.0488. The van der Waals surface area contributed by atoms with Crippen LogP contribution in [0.1, 0.15) is 23.2 Å². The number of nitrogens with zero attached hydrogens (tertiary/aromatic N) is 2. The summed E-state index contributed by atoms with van der Waals surface area (Å²) >= 11 is 0. The molecule has 0 fully saturated rings. The van der Waals surface area contributed by atoms with Crippen LogP contribution in [0.3, 0.4) is 0 Å². The number of aromatic nitrogens is 2. The van der Waals surface area contributed by atoms with E-state index in [4.69, 9.17) is 13.9 Å². The average Bonchev–Trinajstić information content (AvgIpc) is 3.34. The van der Waals surface area contributed by atoms with Crippen LogP contribution in [0.25, 0.3) is 22.2 Å². The van der Waals surface area contributed by atoms with Crippen LogP contribution in [0.15, 0.2) is 65.3 Å². The minimum Gasteiger partial charge on any atom is -0.497 e. The van der Waals surface area contributed by atoms with Crippen molar-refractivity contribution in [3.05, 3.63) is 72.4 Å². The number of ether oxygens (including phenoxy) is 2. The number of hydrogen-bond acceptors (Lipinski definition) is 5. The molecule has 0 unspecified atom stereocenters. The maximum atomic E-state index is 11.9. The van der Waals surface area contributed by atoms with Gasteiger partial charge in [0, 0.05) is 28.9 Å². The Bertz CT molecular complexity index is 1110. The third-order valence-electron chi connectivity index (χ3n) is 4.52. The molecule has 4 rings (SSSR count). The van der Waals surface area contributed by atoms with Gasteiger partial charge in [-0.05, 0) is 55.5 Å². The van der Waals surface area contributed by atoms with E-state index in [9.17, 15) is 4.79 Å². The fraction of sp³-hybridized carbons (Fsp3) is 0.182. The Hall–Kier alpha value is -3.54. The summed E-state index contributed by atoms with van der Waals surface area (Å²) in [6, 6.07) is 15.4. The van der Waals surface area contributed by atoms with Crippen LogP contribution >= 0.6 is 0 Å². The molecule has 0 amide bonds. The molecular formula is C22H20N2O4. The Morgan fingerprint density at radius 3 is 2.82 bits per heavy atom. The normalized spacial score (nSPS) is 10.9. The van der Waals surface area contributed by atoms with Crippen molar-refractivity contribution in [3.63, 3.8) is 0 Å². The highest BCUT2D eigenvalue weighted by Gasteiger charge is 2.16. The van der Waals surface area contributed by atoms with Gasteiger partial charge in [-0.15, -0.1) is 0 Å². The third kappa shape index (κ3) is 3.36. The predicted molar refractivity (Wildman–Crippen MR) is 105 cm³/mol. The molecule has 0 atom stereocenters. The van der Waals surface area contributed by atoms with Gasteiger partial charge in [-0.3, -0.25) is 4.98 Å². The Balaban J connectivity index is 1.77. The van der Waals surface area contributed by atoms with Gasteiger partial charge in [0.15, 0.2) is 0 Å². The molecule has 0 aliphatic heterocycles. The lowest BCUT2D eigenvalue weighted by atomic mass is 10.2. The quantitative estimate of drug-likeness (QED) is 0.463. The first kappa shape index (κ1) is 17.9. The monoisotopic (exact) mass is 376 g/mol. The highest BCUT2D eigenvalue weighted by atomic mass is 16.5. The number of pyridine rings is 1. The molecule has 0 N–H and O–H groups in total. The van der Waals surface area contributed by atoms with E-state index < -0.39 is 5.97 Å². The van der Waals surface area contributed by atoms with Crippen molar-refractivity contribution in [2.75, 3.05) is 13.7 Å². The summed E-state index contributed by atoms with van der Waals surface area (Å²) in [4.78, 5) is 16.1. The number of carbonyl (C=O) groups excluding carboxylic acids is 1. The molecule has 0 saturated heterocycles. The Labute approximate surface area is 162 Å². The van der Waals surface area contributed by atoms with Gasteiger partial charge in [0.1, 0.15) is 11.5 Å². The van der Waals surface area contributed by atoms with Crippen LogP contribution in [0.5, 0.6) is 5.75 Å². The van der Waals surface area contributed by atoms with Gasteiger partial charge >= 0.3 is 5.97 Å². The van der Waals surface area contributed by atoms with E-state index in [0.717, 1.165) is 27.9 Å². The molecule has 4 aromatic rings. The minimum absolute atomic E-state index is 0.206. The van der Waals surface area contributed by atoms with Gasteiger partial charge in [-0.1, -0.05) is 0 Å². The summed E-state index contributed by atoms with van der Waals surface area (Å²) < 4.78 is 18.2. The molecular weight excluding hydrogens is 356 g/mol. The van der Waals surface area contributed by atoms with E-state index in [1.165, 1.54) is 0 Å². The zero-order valence-electron chi connectivity index (χ0n) is 15.7. The van der Waals surface area contributed by atoms with E-state index in [1.807, 2.05) is 36.5 Å². The molecule has 28 heavy (non-hydrogen) atoms. The van der Waals surface area contributed by atoms with Gasteiger partial charge in [0.25, 0.3) is 0 Å². The second-order valence-electron chi connectivity index (χ2n) is 6.27. The van der Waals surface area contributed by atoms with E-state index in [-0.39, 0.29) is 5.76 Å². The second kappa shape index (κ2) is 7.60. The van der Waals surface area contributed by atoms with Gasteiger partial charge in [0.2, 0.25) is 5.76 Å². The van der Waals surface area contributed by atoms with Crippen molar-refractivity contribution in [2.45, 2.75) is 13.5 Å². The summed E-state index contributed by atoms with van der Waals surface area (Å²) in [7, 11) is 1.65. The Kier molecular flexibility index (Phi) is 4.85. The Morgan fingerprint density at radius 1 is 1.18 bits per heavy atom. The highest BCUT2D eigenvalue weighted by Crippen LogP contribution is 2.31. The summed E-state index contributed by atoms with van der Waals surface area (Å²) in [5, 5.41) is 1.05. The van der Waals surface area contributed by atoms with Crippen LogP contribution in [-0.2, 0) is 11.3 Å². The largest absolute Gasteiger partial charge is 0.497 e. The van der Waals surface area contributed by atoms with Gasteiger partial charge in [0.05, 0.1) is 26.0 Å². The second-order valence-corrected chi connectivity index (χ2v) is 6.27. The smallest absolute Gasteiger partial charge is 0.374 e. The molecule has 6 heteroatoms. The SMILES string of the molecule is CCOC(=O)c1ccc(Cn2c(-c3cccnc3)cc3cc(OC)ccc32)o1. The fourth-order valence-corrected chi connectivity index (χ4v) is 3.23. The minimum atomic E-state index is -0.455. The standard InChI is InChI=1S/C22H20N2O4/c1-3-27-22(25)21-9-7-18(28-21)14-24-19-8-6-17(26-2)11-16(19)12-20(24)15-5-4-10-23-13-15/h4-13H,3,14H2,1-2H3. The summed E-state index contributed by atoms with van der Waals surface area (Å²) in [5.41, 5.74) is 3.04. The molecule has 1 aromatic carbocycles. The maximum Gasteiger partial charge on any atom is 0.374 e. The highest BCUT2D eigenvalue weighted by molar-refractivity contribution is 5.88. The number of esters is 1. The zero-order valence-corrected chi connectivity index (χ0v) is 15.7. The Morgan fingerprint density at radius 2 is 2.07 bits per heavy atom. The van der Waals surface area contributed by atoms with Crippen molar-refractivity contribution in [3.8, 4) is 17.0 Å². The van der Waals surface area contributed by atoms with Crippen molar-refractivity contribution < 1.29 is 18.7 Å². The van der Waals surface area contributed by atoms with E-state index >= 15 is 0 Å². The molecule has 0 aliphatic rings. The molecule has 3 aromatic heterocycles. The van der Waals surface area contributed by atoms with Crippen molar-refractivity contribution in [2.24, 2.45) is 0 Å². The summed E-state index contributed by atoms with van der Waals surface area (Å²) in [6.45, 7) is 2.55. The van der Waals surface area contributed by atoms with Crippen LogP contribution in [-0.4, -0.2) is 29.2 Å². The maximum absolute atomic E-state index is 11.9. The zero-order chi connectivity index (χ0) is 19.5. The van der Waals surface area contributed by atoms with E-state index in [0.29, 0.717) is 18.9 Å². The van der Waals surface area contributed by atoms with Crippen LogP contribution < -0.4 is 4.74 Å². The van der Waals surface area contributed by atoms with Crippen LogP contribution in [0.4, 0.5) is 0 Å². The first-order chi connectivity index (χ1) is 13.7. The predicted octanol–water partition coefficient (Wildman–Crippen LogP) is 4.53. The molecule has 6 nitrogen and oxygen atoms in total. The number of fused-ring (bicyclic) bond motifs is 1. The number of benzene rings is 1. The van der Waals surface area contributed by atoms with Gasteiger partial charge in [-0.25, -0.2) is 4.79 Å². The molecule has 3 heterocycles. The average molecular weight is 376 g/mol. The third-order valence-corrected chi connectivity index (χ3v) is 4.52. The lowest BCUT2D eigenvalue weighted by Gasteiger charge is -2.10. The number of carbonyl (C=O) groups is 1. The molecule has 0 bridgehead atoms. The van der Waals surface area contributed by atoms with Crippen LogP contribution in [0, 0.1) is 0 Å². The van der Waals surface area contributed by atoms with Crippen molar-refractivity contribution >= 4 is 16.9 Å². The lowest BCUT2D eigenvalue weighted by Crippen LogP contribution is -2.03. The van der Waals surface area contributed by atoms with E-state index in [1.54, 1.807) is 32.4 Å². The van der Waals surface area contributed by atoms with Gasteiger partial charge in [-0.2, -0.15) is 0 Å². The molecule has 142 valence electrons. The molecule has 0 aliphatic carbocycles. The number of furan rings is 1. The fourth-order valence-electron chi connectivity index (χ4n) is 3.23. The van der Waals surface area contributed by atoms with Crippen molar-refractivity contribution in [1.29, 1.82) is 0 Å². The number of rotatable bonds is 6. The van der Waals surface area contributed by atoms with Crippen molar-refractivity contribution in [1.82, 2.24) is 9.55 Å². The molecule has 0 saturated carbocycles. The summed E-state index contributed by atoms with van der Waals surface area (Å²) in [6.07, 6.45) is 3.58. The van der Waals surface area contributed by atoms with E-state index in [2.05, 4.69) is 15.6 Å². The van der Waals surface area contributed by atoms with Crippen LogP contribution in [0.2, 0.25) is 0 Å². The molecule has 0 spiro atoms. The number of methoxy groups -OCH3 is 1. The first-order valence-electron chi connectivity index (χ1n) is 9.03. The molecule has 0 radical (unpaired) electrons. The van der Waals surface area contributed by atoms with Gasteiger partial charge < -0.3 is 18.5 Å². The topological polar surface area (TPSA) is 66.5 Å². The first-order valence-corrected chi connectivity index (χ1v) is 9.03.